The van der Waals surface area contributed by atoms with Crippen LogP contribution in [-0.2, 0) is 33.0 Å². The lowest BCUT2D eigenvalue weighted by Crippen LogP contribution is -2.36. The maximum atomic E-state index is 12.8. The van der Waals surface area contributed by atoms with Crippen LogP contribution in [0.1, 0.15) is 29.2 Å². The SMILES string of the molecule is CCS(=O)(=O)N1CCc2ccc(NS(=O)(=O)c3cc(C)ccc3C)cc2C1. The highest BCUT2D eigenvalue weighted by molar-refractivity contribution is 7.92. The summed E-state index contributed by atoms with van der Waals surface area (Å²) in [5.41, 5.74) is 3.86. The quantitative estimate of drug-likeness (QED) is 0.825. The van der Waals surface area contributed by atoms with E-state index in [1.807, 2.05) is 19.1 Å². The predicted octanol–water partition coefficient (Wildman–Crippen LogP) is 2.81. The lowest BCUT2D eigenvalue weighted by Gasteiger charge is -2.28. The van der Waals surface area contributed by atoms with Gasteiger partial charge in [-0.2, -0.15) is 4.31 Å². The molecule has 0 unspecified atom stereocenters. The number of sulfonamides is 2. The van der Waals surface area contributed by atoms with Crippen molar-refractivity contribution in [2.24, 2.45) is 0 Å². The van der Waals surface area contributed by atoms with E-state index in [9.17, 15) is 16.8 Å². The van der Waals surface area contributed by atoms with Gasteiger partial charge in [0.1, 0.15) is 0 Å². The molecule has 1 N–H and O–H groups in total. The van der Waals surface area contributed by atoms with Crippen molar-refractivity contribution in [1.29, 1.82) is 0 Å². The Morgan fingerprint density at radius 3 is 2.44 bits per heavy atom. The molecule has 2 aromatic carbocycles. The van der Waals surface area contributed by atoms with Gasteiger partial charge in [0.25, 0.3) is 10.0 Å². The lowest BCUT2D eigenvalue weighted by molar-refractivity contribution is 0.392. The van der Waals surface area contributed by atoms with Crippen molar-refractivity contribution in [3.63, 3.8) is 0 Å². The van der Waals surface area contributed by atoms with E-state index in [0.717, 1.165) is 16.7 Å². The van der Waals surface area contributed by atoms with Gasteiger partial charge in [-0.05, 0) is 67.6 Å². The number of fused-ring (bicyclic) bond motifs is 1. The first-order valence-corrected chi connectivity index (χ1v) is 11.9. The summed E-state index contributed by atoms with van der Waals surface area (Å²) in [6, 6.07) is 10.6. The second-order valence-electron chi connectivity index (χ2n) is 6.84. The van der Waals surface area contributed by atoms with Crippen molar-refractivity contribution >= 4 is 25.7 Å². The Hall–Kier alpha value is -1.90. The minimum absolute atomic E-state index is 0.0568. The first kappa shape index (κ1) is 19.9. The second-order valence-corrected chi connectivity index (χ2v) is 10.8. The Morgan fingerprint density at radius 2 is 1.74 bits per heavy atom. The summed E-state index contributed by atoms with van der Waals surface area (Å²) in [6.07, 6.45) is 0.624. The van der Waals surface area contributed by atoms with E-state index in [1.54, 1.807) is 38.1 Å². The minimum atomic E-state index is -3.72. The Balaban J connectivity index is 1.90. The molecule has 0 aromatic heterocycles. The van der Waals surface area contributed by atoms with Gasteiger partial charge in [-0.15, -0.1) is 0 Å². The van der Waals surface area contributed by atoms with Gasteiger partial charge in [-0.25, -0.2) is 16.8 Å². The Kier molecular flexibility index (Phi) is 5.33. The number of hydrogen-bond acceptors (Lipinski definition) is 4. The molecule has 0 fully saturated rings. The Bertz CT molecular complexity index is 1080. The van der Waals surface area contributed by atoms with Crippen LogP contribution < -0.4 is 4.72 Å². The largest absolute Gasteiger partial charge is 0.280 e. The zero-order chi connectivity index (χ0) is 19.8. The zero-order valence-electron chi connectivity index (χ0n) is 15.7. The van der Waals surface area contributed by atoms with E-state index in [2.05, 4.69) is 4.72 Å². The molecule has 1 aliphatic heterocycles. The molecule has 0 radical (unpaired) electrons. The molecule has 0 aliphatic carbocycles. The highest BCUT2D eigenvalue weighted by atomic mass is 32.2. The van der Waals surface area contributed by atoms with E-state index in [-0.39, 0.29) is 17.2 Å². The standard InChI is InChI=1S/C19H24N2O4S2/c1-4-26(22,23)21-10-9-16-7-8-18(12-17(16)13-21)20-27(24,25)19-11-14(2)5-6-15(19)3/h5-8,11-12,20H,4,9-10,13H2,1-3H3. The summed E-state index contributed by atoms with van der Waals surface area (Å²) in [4.78, 5) is 0.246. The summed E-state index contributed by atoms with van der Waals surface area (Å²) in [7, 11) is -6.99. The fraction of sp³-hybridized carbons (Fsp3) is 0.368. The number of hydrogen-bond donors (Lipinski definition) is 1. The molecule has 8 heteroatoms. The van der Waals surface area contributed by atoms with Crippen molar-refractivity contribution in [2.75, 3.05) is 17.0 Å². The molecule has 3 rings (SSSR count). The minimum Gasteiger partial charge on any atom is -0.280 e. The molecule has 6 nitrogen and oxygen atoms in total. The summed E-state index contributed by atoms with van der Waals surface area (Å²) in [5, 5.41) is 0. The molecule has 0 atom stereocenters. The molecule has 0 amide bonds. The van der Waals surface area contributed by atoms with Gasteiger partial charge in [0.05, 0.1) is 10.6 Å². The van der Waals surface area contributed by atoms with E-state index >= 15 is 0 Å². The van der Waals surface area contributed by atoms with Crippen LogP contribution in [0.3, 0.4) is 0 Å². The Labute approximate surface area is 161 Å². The Morgan fingerprint density at radius 1 is 1.00 bits per heavy atom. The number of nitrogens with one attached hydrogen (secondary N) is 1. The maximum absolute atomic E-state index is 12.8. The van der Waals surface area contributed by atoms with Gasteiger partial charge in [-0.1, -0.05) is 18.2 Å². The van der Waals surface area contributed by atoms with E-state index in [0.29, 0.717) is 24.2 Å². The molecule has 27 heavy (non-hydrogen) atoms. The van der Waals surface area contributed by atoms with Crippen LogP contribution in [-0.4, -0.2) is 33.4 Å². The molecule has 1 aliphatic rings. The van der Waals surface area contributed by atoms with Gasteiger partial charge in [0.2, 0.25) is 10.0 Å². The zero-order valence-corrected chi connectivity index (χ0v) is 17.3. The van der Waals surface area contributed by atoms with Crippen molar-refractivity contribution in [1.82, 2.24) is 4.31 Å². The third-order valence-electron chi connectivity index (χ3n) is 4.83. The van der Waals surface area contributed by atoms with Crippen molar-refractivity contribution < 1.29 is 16.8 Å². The van der Waals surface area contributed by atoms with Gasteiger partial charge in [0, 0.05) is 18.8 Å². The van der Waals surface area contributed by atoms with Crippen LogP contribution >= 0.6 is 0 Å². The third-order valence-corrected chi connectivity index (χ3v) is 8.18. The van der Waals surface area contributed by atoms with E-state index in [1.165, 1.54) is 4.31 Å². The smallest absolute Gasteiger partial charge is 0.262 e. The lowest BCUT2D eigenvalue weighted by atomic mass is 10.0. The number of benzene rings is 2. The van der Waals surface area contributed by atoms with Crippen molar-refractivity contribution in [2.45, 2.75) is 38.6 Å². The monoisotopic (exact) mass is 408 g/mol. The summed E-state index contributed by atoms with van der Waals surface area (Å²) >= 11 is 0. The maximum Gasteiger partial charge on any atom is 0.262 e. The molecule has 2 aromatic rings. The third kappa shape index (κ3) is 4.17. The van der Waals surface area contributed by atoms with Crippen LogP contribution in [0.2, 0.25) is 0 Å². The fourth-order valence-corrected chi connectivity index (χ4v) is 5.67. The van der Waals surface area contributed by atoms with Crippen molar-refractivity contribution in [3.05, 3.63) is 58.7 Å². The molecule has 0 bridgehead atoms. The highest BCUT2D eigenvalue weighted by Crippen LogP contribution is 2.26. The second kappa shape index (κ2) is 7.26. The number of anilines is 1. The molecular formula is C19H24N2O4S2. The van der Waals surface area contributed by atoms with Gasteiger partial charge in [-0.3, -0.25) is 4.72 Å². The van der Waals surface area contributed by atoms with Gasteiger partial charge >= 0.3 is 0 Å². The molecule has 0 spiro atoms. The average molecular weight is 409 g/mol. The number of rotatable bonds is 5. The first-order chi connectivity index (χ1) is 12.6. The van der Waals surface area contributed by atoms with Gasteiger partial charge < -0.3 is 0 Å². The molecule has 146 valence electrons. The molecule has 1 heterocycles. The predicted molar refractivity (Wildman–Crippen MR) is 107 cm³/mol. The molecular weight excluding hydrogens is 384 g/mol. The fourth-order valence-electron chi connectivity index (χ4n) is 3.22. The van der Waals surface area contributed by atoms with Gasteiger partial charge in [0.15, 0.2) is 0 Å². The average Bonchev–Trinajstić information content (AvgIpc) is 2.62. The summed E-state index contributed by atoms with van der Waals surface area (Å²) in [5.74, 6) is 0.0568. The van der Waals surface area contributed by atoms with Crippen LogP contribution in [0, 0.1) is 13.8 Å². The topological polar surface area (TPSA) is 83.6 Å². The van der Waals surface area contributed by atoms with E-state index in [4.69, 9.17) is 0 Å². The van der Waals surface area contributed by atoms with Crippen LogP contribution in [0.4, 0.5) is 5.69 Å². The molecule has 0 saturated heterocycles. The number of aryl methyl sites for hydroxylation is 2. The summed E-state index contributed by atoms with van der Waals surface area (Å²) < 4.78 is 54.0. The summed E-state index contributed by atoms with van der Waals surface area (Å²) in [6.45, 7) is 5.95. The number of nitrogens with zero attached hydrogens (tertiary/aromatic N) is 1. The van der Waals surface area contributed by atoms with Crippen LogP contribution in [0.15, 0.2) is 41.3 Å². The normalized spacial score (nSPS) is 15.4. The van der Waals surface area contributed by atoms with Crippen LogP contribution in [0.25, 0.3) is 0 Å². The van der Waals surface area contributed by atoms with Crippen LogP contribution in [0.5, 0.6) is 0 Å². The molecule has 0 saturated carbocycles. The van der Waals surface area contributed by atoms with E-state index < -0.39 is 20.0 Å². The highest BCUT2D eigenvalue weighted by Gasteiger charge is 2.26. The van der Waals surface area contributed by atoms with Crippen molar-refractivity contribution in [3.8, 4) is 0 Å². The first-order valence-electron chi connectivity index (χ1n) is 8.82.